The van der Waals surface area contributed by atoms with Crippen molar-refractivity contribution in [3.8, 4) is 28.4 Å². The van der Waals surface area contributed by atoms with Gasteiger partial charge in [-0.1, -0.05) is 6.07 Å². The molecule has 0 saturated carbocycles. The molecule has 2 N–H and O–H groups in total. The van der Waals surface area contributed by atoms with Crippen molar-refractivity contribution in [2.24, 2.45) is 7.05 Å². The van der Waals surface area contributed by atoms with Gasteiger partial charge >= 0.3 is 0 Å². The fraction of sp³-hybridized carbons (Fsp3) is 0.524. The number of anilines is 1. The minimum atomic E-state index is 0. The number of aromatic hydroxyl groups is 1. The molecule has 3 aromatic rings. The minimum Gasteiger partial charge on any atom is -0.507 e. The van der Waals surface area contributed by atoms with Crippen molar-refractivity contribution in [2.45, 2.75) is 57.7 Å². The number of benzene rings is 1. The molecule has 0 radical (unpaired) electrons. The number of nitrogens with zero attached hydrogens (tertiary/aromatic N) is 8. The molecular formula is C21H31Cl2N9O. The largest absolute Gasteiger partial charge is 0.507 e. The highest BCUT2D eigenvalue weighted by molar-refractivity contribution is 5.85. The summed E-state index contributed by atoms with van der Waals surface area (Å²) in [5.74, 6) is 1.07. The molecule has 0 atom stereocenters. The lowest BCUT2D eigenvalue weighted by molar-refractivity contribution is 0.160. The van der Waals surface area contributed by atoms with E-state index in [1.54, 1.807) is 25.4 Å². The van der Waals surface area contributed by atoms with Crippen molar-refractivity contribution in [2.75, 3.05) is 11.9 Å². The first-order valence-corrected chi connectivity index (χ1v) is 10.3. The molecule has 0 bridgehead atoms. The van der Waals surface area contributed by atoms with Crippen LogP contribution in [0.3, 0.4) is 0 Å². The van der Waals surface area contributed by atoms with Crippen LogP contribution in [0.5, 0.6) is 5.75 Å². The molecule has 12 heteroatoms. The van der Waals surface area contributed by atoms with E-state index in [1.165, 1.54) is 4.80 Å². The van der Waals surface area contributed by atoms with Gasteiger partial charge in [-0.2, -0.15) is 4.80 Å². The van der Waals surface area contributed by atoms with E-state index in [1.807, 2.05) is 13.1 Å². The zero-order valence-corrected chi connectivity index (χ0v) is 21.3. The molecule has 0 spiro atoms. The van der Waals surface area contributed by atoms with Gasteiger partial charge < -0.3 is 15.3 Å². The molecule has 180 valence electrons. The molecule has 10 nitrogen and oxygen atoms in total. The Balaban J connectivity index is 0.00000193. The van der Waals surface area contributed by atoms with Gasteiger partial charge in [0.15, 0.2) is 0 Å². The number of piperidine rings is 1. The van der Waals surface area contributed by atoms with E-state index in [4.69, 9.17) is 0 Å². The van der Waals surface area contributed by atoms with E-state index in [-0.39, 0.29) is 41.6 Å². The van der Waals surface area contributed by atoms with Crippen LogP contribution in [0.2, 0.25) is 0 Å². The van der Waals surface area contributed by atoms with Crippen molar-refractivity contribution in [1.82, 2.24) is 40.7 Å². The lowest BCUT2D eigenvalue weighted by Crippen LogP contribution is -2.62. The number of phenolic OH excluding ortho intramolecular Hbond substituents is 1. The number of nitrogens with one attached hydrogen (secondary N) is 1. The van der Waals surface area contributed by atoms with Crippen LogP contribution in [-0.2, 0) is 7.05 Å². The number of hydrogen-bond acceptors (Lipinski definition) is 9. The molecule has 33 heavy (non-hydrogen) atoms. The number of phenols is 1. The van der Waals surface area contributed by atoms with Crippen LogP contribution in [0, 0.1) is 0 Å². The second-order valence-electron chi connectivity index (χ2n) is 9.54. The molecule has 0 amide bonds. The van der Waals surface area contributed by atoms with Crippen molar-refractivity contribution in [1.29, 1.82) is 0 Å². The van der Waals surface area contributed by atoms with E-state index in [0.717, 1.165) is 12.8 Å². The highest BCUT2D eigenvalue weighted by Crippen LogP contribution is 2.33. The predicted octanol–water partition coefficient (Wildman–Crippen LogP) is 3.02. The summed E-state index contributed by atoms with van der Waals surface area (Å²) in [4.78, 5) is 8.01. The highest BCUT2D eigenvalue weighted by Gasteiger charge is 2.39. The first-order chi connectivity index (χ1) is 14.5. The van der Waals surface area contributed by atoms with Crippen LogP contribution in [-0.4, -0.2) is 64.7 Å². The van der Waals surface area contributed by atoms with Crippen molar-refractivity contribution in [3.63, 3.8) is 0 Å². The van der Waals surface area contributed by atoms with Crippen molar-refractivity contribution >= 4 is 30.8 Å². The summed E-state index contributed by atoms with van der Waals surface area (Å²) in [6, 6.07) is 5.46. The van der Waals surface area contributed by atoms with Crippen LogP contribution in [0.25, 0.3) is 22.6 Å². The number of aromatic nitrogens is 7. The average Bonchev–Trinajstić information content (AvgIpc) is 3.11. The molecular weight excluding hydrogens is 465 g/mol. The zero-order valence-electron chi connectivity index (χ0n) is 19.6. The highest BCUT2D eigenvalue weighted by atomic mass is 35.5. The second-order valence-corrected chi connectivity index (χ2v) is 9.54. The lowest BCUT2D eigenvalue weighted by Gasteiger charge is -2.48. The molecule has 2 aromatic heterocycles. The Kier molecular flexibility index (Phi) is 7.88. The first kappa shape index (κ1) is 26.7. The first-order valence-electron chi connectivity index (χ1n) is 10.3. The minimum absolute atomic E-state index is 0. The van der Waals surface area contributed by atoms with Crippen LogP contribution in [0.1, 0.15) is 40.5 Å². The van der Waals surface area contributed by atoms with Gasteiger partial charge in [-0.15, -0.1) is 45.2 Å². The Hall–Kier alpha value is -2.56. The standard InChI is InChI=1S/C21H29N9O.2ClH/c1-20(2)10-14(11-21(3,4)27-20)29(5)19-22-12-16(23-25-19)15-8-7-13(9-17(15)31)18-24-28-30(6)26-18;;/h7-9,12,14,27,31H,10-11H2,1-6H3;2*1H. The van der Waals surface area contributed by atoms with E-state index < -0.39 is 0 Å². The number of rotatable bonds is 4. The molecule has 1 aromatic carbocycles. The molecule has 0 aliphatic carbocycles. The summed E-state index contributed by atoms with van der Waals surface area (Å²) in [5.41, 5.74) is 1.77. The monoisotopic (exact) mass is 495 g/mol. The van der Waals surface area contributed by atoms with E-state index >= 15 is 0 Å². The lowest BCUT2D eigenvalue weighted by atomic mass is 9.79. The van der Waals surface area contributed by atoms with E-state index in [9.17, 15) is 5.11 Å². The molecule has 1 saturated heterocycles. The van der Waals surface area contributed by atoms with Gasteiger partial charge in [0, 0.05) is 35.3 Å². The second kappa shape index (κ2) is 9.74. The maximum absolute atomic E-state index is 10.5. The van der Waals surface area contributed by atoms with Gasteiger partial charge in [-0.25, -0.2) is 4.98 Å². The summed E-state index contributed by atoms with van der Waals surface area (Å²) in [7, 11) is 3.70. The summed E-state index contributed by atoms with van der Waals surface area (Å²) >= 11 is 0. The fourth-order valence-corrected chi connectivity index (χ4v) is 4.55. The summed E-state index contributed by atoms with van der Waals surface area (Å²) in [5, 5.41) is 34.8. The third-order valence-corrected chi connectivity index (χ3v) is 5.62. The molecule has 4 rings (SSSR count). The molecule has 1 fully saturated rings. The van der Waals surface area contributed by atoms with Crippen LogP contribution < -0.4 is 10.2 Å². The van der Waals surface area contributed by atoms with Gasteiger partial charge in [-0.05, 0) is 57.9 Å². The predicted molar refractivity (Wildman–Crippen MR) is 132 cm³/mol. The average molecular weight is 496 g/mol. The van der Waals surface area contributed by atoms with Crippen LogP contribution in [0.15, 0.2) is 24.4 Å². The van der Waals surface area contributed by atoms with Gasteiger partial charge in [0.2, 0.25) is 11.8 Å². The zero-order chi connectivity index (χ0) is 22.4. The Morgan fingerprint density at radius 3 is 2.24 bits per heavy atom. The quantitative estimate of drug-likeness (QED) is 0.562. The third-order valence-electron chi connectivity index (χ3n) is 5.62. The van der Waals surface area contributed by atoms with Crippen molar-refractivity contribution < 1.29 is 5.11 Å². The molecule has 3 heterocycles. The Bertz CT molecular complexity index is 1070. The molecule has 1 aliphatic rings. The Morgan fingerprint density at radius 1 is 1.06 bits per heavy atom. The van der Waals surface area contributed by atoms with Crippen molar-refractivity contribution in [3.05, 3.63) is 24.4 Å². The maximum atomic E-state index is 10.5. The van der Waals surface area contributed by atoms with Gasteiger partial charge in [0.05, 0.1) is 13.2 Å². The fourth-order valence-electron chi connectivity index (χ4n) is 4.55. The summed E-state index contributed by atoms with van der Waals surface area (Å²) < 4.78 is 0. The maximum Gasteiger partial charge on any atom is 0.245 e. The summed E-state index contributed by atoms with van der Waals surface area (Å²) in [6.45, 7) is 8.89. The Labute approximate surface area is 206 Å². The number of hydrogen-bond donors (Lipinski definition) is 2. The number of halogens is 2. The number of tetrazole rings is 1. The third kappa shape index (κ3) is 5.87. The summed E-state index contributed by atoms with van der Waals surface area (Å²) in [6.07, 6.45) is 3.61. The molecule has 1 aliphatic heterocycles. The van der Waals surface area contributed by atoms with Gasteiger partial charge in [0.1, 0.15) is 11.4 Å². The van der Waals surface area contributed by atoms with E-state index in [2.05, 4.69) is 68.5 Å². The smallest absolute Gasteiger partial charge is 0.245 e. The van der Waals surface area contributed by atoms with E-state index in [0.29, 0.717) is 34.6 Å². The SMILES string of the molecule is CN(c1ncc(-c2ccc(-c3nnn(C)n3)cc2O)nn1)C1CC(C)(C)NC(C)(C)C1.Cl.Cl. The van der Waals surface area contributed by atoms with Crippen LogP contribution in [0.4, 0.5) is 5.95 Å². The molecule has 0 unspecified atom stereocenters. The number of aryl methyl sites for hydroxylation is 1. The van der Waals surface area contributed by atoms with Gasteiger partial charge in [0.25, 0.3) is 0 Å². The van der Waals surface area contributed by atoms with Crippen LogP contribution >= 0.6 is 24.8 Å². The topological polar surface area (TPSA) is 118 Å². The Morgan fingerprint density at radius 2 is 1.73 bits per heavy atom. The normalized spacial score (nSPS) is 17.0. The van der Waals surface area contributed by atoms with Gasteiger partial charge in [-0.3, -0.25) is 0 Å².